The van der Waals surface area contributed by atoms with E-state index in [-0.39, 0.29) is 18.3 Å². The Bertz CT molecular complexity index is 779. The molecule has 8 heteroatoms. The van der Waals surface area contributed by atoms with Crippen LogP contribution in [0.5, 0.6) is 0 Å². The minimum absolute atomic E-state index is 0.224. The molecule has 1 aromatic rings. The van der Waals surface area contributed by atoms with Gasteiger partial charge in [-0.05, 0) is 44.0 Å². The number of amides is 1. The van der Waals surface area contributed by atoms with Crippen LogP contribution in [-0.4, -0.2) is 42.6 Å². The molecule has 2 heterocycles. The molecule has 1 aromatic carbocycles. The monoisotopic (exact) mass is 340 g/mol. The minimum Gasteiger partial charge on any atom is -0.465 e. The van der Waals surface area contributed by atoms with Gasteiger partial charge in [-0.15, -0.1) is 0 Å². The molecule has 2 atom stereocenters. The lowest BCUT2D eigenvalue weighted by molar-refractivity contribution is 0.0982. The van der Waals surface area contributed by atoms with E-state index in [0.717, 1.165) is 5.41 Å². The molecule has 1 amide bonds. The number of sulfonamides is 1. The standard InChI is InChI=1S/C15H17FN2O4S/c1-11-10-15(5-7-17(11)14(19)20)6-8-23(21,22)18(15)13-4-2-3-12(16)9-13/h2-4,6,8-9,11H,5,7,10H2,1H3,(H,19,20). The van der Waals surface area contributed by atoms with Gasteiger partial charge in [0.05, 0.1) is 11.2 Å². The van der Waals surface area contributed by atoms with Gasteiger partial charge in [0.15, 0.2) is 0 Å². The van der Waals surface area contributed by atoms with E-state index in [2.05, 4.69) is 0 Å². The molecular formula is C15H17FN2O4S. The Morgan fingerprint density at radius 2 is 2.17 bits per heavy atom. The van der Waals surface area contributed by atoms with Crippen molar-refractivity contribution >= 4 is 21.8 Å². The number of rotatable bonds is 1. The van der Waals surface area contributed by atoms with Gasteiger partial charge in [0, 0.05) is 18.0 Å². The van der Waals surface area contributed by atoms with E-state index >= 15 is 0 Å². The van der Waals surface area contributed by atoms with Crippen molar-refractivity contribution in [1.82, 2.24) is 4.90 Å². The molecule has 2 aliphatic rings. The van der Waals surface area contributed by atoms with E-state index in [4.69, 9.17) is 0 Å². The average Bonchev–Trinajstić information content (AvgIpc) is 2.69. The maximum Gasteiger partial charge on any atom is 0.407 e. The summed E-state index contributed by atoms with van der Waals surface area (Å²) < 4.78 is 39.7. The Hall–Kier alpha value is -2.09. The van der Waals surface area contributed by atoms with Gasteiger partial charge < -0.3 is 10.0 Å². The average molecular weight is 340 g/mol. The highest BCUT2D eigenvalue weighted by Crippen LogP contribution is 2.43. The predicted octanol–water partition coefficient (Wildman–Crippen LogP) is 2.39. The van der Waals surface area contributed by atoms with Crippen LogP contribution in [0, 0.1) is 5.82 Å². The highest BCUT2D eigenvalue weighted by Gasteiger charge is 2.50. The summed E-state index contributed by atoms with van der Waals surface area (Å²) in [6, 6.07) is 5.10. The van der Waals surface area contributed by atoms with Crippen molar-refractivity contribution in [2.75, 3.05) is 10.8 Å². The first kappa shape index (κ1) is 15.8. The van der Waals surface area contributed by atoms with Crippen LogP contribution in [0.25, 0.3) is 0 Å². The van der Waals surface area contributed by atoms with Gasteiger partial charge >= 0.3 is 6.09 Å². The number of anilines is 1. The number of piperidine rings is 1. The number of likely N-dealkylation sites (tertiary alicyclic amines) is 1. The van der Waals surface area contributed by atoms with Crippen molar-refractivity contribution in [3.05, 3.63) is 41.6 Å². The summed E-state index contributed by atoms with van der Waals surface area (Å²) in [6.45, 7) is 1.97. The van der Waals surface area contributed by atoms with Gasteiger partial charge in [0.2, 0.25) is 0 Å². The number of nitrogens with zero attached hydrogens (tertiary/aromatic N) is 2. The summed E-state index contributed by atoms with van der Waals surface area (Å²) in [5.74, 6) is -0.518. The first-order valence-electron chi connectivity index (χ1n) is 7.25. The lowest BCUT2D eigenvalue weighted by atomic mass is 9.83. The van der Waals surface area contributed by atoms with Crippen molar-refractivity contribution in [3.63, 3.8) is 0 Å². The van der Waals surface area contributed by atoms with E-state index in [1.54, 1.807) is 19.1 Å². The first-order valence-corrected chi connectivity index (χ1v) is 8.75. The van der Waals surface area contributed by atoms with Crippen LogP contribution in [0.15, 0.2) is 35.7 Å². The Morgan fingerprint density at radius 3 is 2.78 bits per heavy atom. The molecule has 0 aromatic heterocycles. The van der Waals surface area contributed by atoms with Gasteiger partial charge in [-0.2, -0.15) is 0 Å². The lowest BCUT2D eigenvalue weighted by Crippen LogP contribution is -2.57. The third kappa shape index (κ3) is 2.56. The first-order chi connectivity index (χ1) is 10.8. The number of carbonyl (C=O) groups is 1. The van der Waals surface area contributed by atoms with Crippen LogP contribution in [0.2, 0.25) is 0 Å². The van der Waals surface area contributed by atoms with Crippen LogP contribution in [0.3, 0.4) is 0 Å². The predicted molar refractivity (Wildman–Crippen MR) is 83.1 cm³/mol. The molecule has 2 aliphatic heterocycles. The van der Waals surface area contributed by atoms with Crippen molar-refractivity contribution in [2.45, 2.75) is 31.3 Å². The second kappa shape index (κ2) is 5.23. The lowest BCUT2D eigenvalue weighted by Gasteiger charge is -2.46. The van der Waals surface area contributed by atoms with Crippen molar-refractivity contribution < 1.29 is 22.7 Å². The molecule has 124 valence electrons. The number of carboxylic acid groups (broad SMARTS) is 1. The van der Waals surface area contributed by atoms with Gasteiger partial charge in [0.25, 0.3) is 10.0 Å². The summed E-state index contributed by atoms with van der Waals surface area (Å²) in [6.07, 6.45) is 1.24. The van der Waals surface area contributed by atoms with Crippen molar-refractivity contribution in [3.8, 4) is 0 Å². The molecule has 0 aliphatic carbocycles. The summed E-state index contributed by atoms with van der Waals surface area (Å²) in [4.78, 5) is 12.5. The molecule has 0 bridgehead atoms. The fraction of sp³-hybridized carbons (Fsp3) is 0.400. The Morgan fingerprint density at radius 1 is 1.43 bits per heavy atom. The quantitative estimate of drug-likeness (QED) is 0.851. The highest BCUT2D eigenvalue weighted by molar-refractivity contribution is 7.96. The van der Waals surface area contributed by atoms with Crippen LogP contribution in [0.1, 0.15) is 19.8 Å². The van der Waals surface area contributed by atoms with Crippen LogP contribution in [-0.2, 0) is 10.0 Å². The zero-order chi connectivity index (χ0) is 16.8. The van der Waals surface area contributed by atoms with E-state index in [1.165, 1.54) is 27.4 Å². The second-order valence-electron chi connectivity index (χ2n) is 5.97. The summed E-state index contributed by atoms with van der Waals surface area (Å²) in [7, 11) is -3.71. The normalized spacial score (nSPS) is 29.2. The maximum absolute atomic E-state index is 13.5. The van der Waals surface area contributed by atoms with Gasteiger partial charge in [-0.25, -0.2) is 17.6 Å². The molecule has 0 radical (unpaired) electrons. The Kier molecular flexibility index (Phi) is 3.59. The minimum atomic E-state index is -3.71. The van der Waals surface area contributed by atoms with Crippen molar-refractivity contribution in [1.29, 1.82) is 0 Å². The van der Waals surface area contributed by atoms with Crippen LogP contribution < -0.4 is 4.31 Å². The summed E-state index contributed by atoms with van der Waals surface area (Å²) in [5.41, 5.74) is -0.594. The van der Waals surface area contributed by atoms with Crippen LogP contribution in [0.4, 0.5) is 14.9 Å². The smallest absolute Gasteiger partial charge is 0.407 e. The van der Waals surface area contributed by atoms with Crippen LogP contribution >= 0.6 is 0 Å². The zero-order valence-electron chi connectivity index (χ0n) is 12.5. The number of benzene rings is 1. The van der Waals surface area contributed by atoms with Gasteiger partial charge in [-0.3, -0.25) is 4.31 Å². The molecule has 1 N–H and O–H groups in total. The second-order valence-corrected chi connectivity index (χ2v) is 7.64. The molecule has 1 fully saturated rings. The molecule has 2 unspecified atom stereocenters. The summed E-state index contributed by atoms with van der Waals surface area (Å²) >= 11 is 0. The van der Waals surface area contributed by atoms with Crippen molar-refractivity contribution in [2.24, 2.45) is 0 Å². The number of hydrogen-bond acceptors (Lipinski definition) is 3. The molecule has 23 heavy (non-hydrogen) atoms. The molecule has 0 saturated carbocycles. The van der Waals surface area contributed by atoms with E-state index < -0.39 is 27.5 Å². The van der Waals surface area contributed by atoms with Gasteiger partial charge in [-0.1, -0.05) is 6.07 Å². The molecule has 3 rings (SSSR count). The molecule has 1 spiro atoms. The van der Waals surface area contributed by atoms with E-state index in [0.29, 0.717) is 12.8 Å². The maximum atomic E-state index is 13.5. The third-order valence-corrected chi connectivity index (χ3v) is 6.03. The van der Waals surface area contributed by atoms with E-state index in [1.807, 2.05) is 0 Å². The highest BCUT2D eigenvalue weighted by atomic mass is 32.2. The molecular weight excluding hydrogens is 323 g/mol. The fourth-order valence-corrected chi connectivity index (χ4v) is 5.17. The van der Waals surface area contributed by atoms with E-state index in [9.17, 15) is 22.7 Å². The topological polar surface area (TPSA) is 77.9 Å². The number of hydrogen-bond donors (Lipinski definition) is 1. The largest absolute Gasteiger partial charge is 0.465 e. The fourth-order valence-electron chi connectivity index (χ4n) is 3.48. The Labute approximate surface area is 133 Å². The third-order valence-electron chi connectivity index (χ3n) is 4.46. The van der Waals surface area contributed by atoms with Gasteiger partial charge in [0.1, 0.15) is 5.82 Å². The number of halogens is 1. The molecule has 6 nitrogen and oxygen atoms in total. The zero-order valence-corrected chi connectivity index (χ0v) is 13.3. The Balaban J connectivity index is 2.02. The summed E-state index contributed by atoms with van der Waals surface area (Å²) in [5, 5.41) is 10.3. The SMILES string of the molecule is CC1CC2(C=CS(=O)(=O)N2c2cccc(F)c2)CCN1C(=O)O. The molecule has 1 saturated heterocycles.